The minimum atomic E-state index is -0.283. The van der Waals surface area contributed by atoms with Gasteiger partial charge in [-0.25, -0.2) is 0 Å². The Hall–Kier alpha value is -0.570. The SMILES string of the molecule is CC(C)(C)C(=O)NC1CCN(C(C)(C)C)C1. The monoisotopic (exact) mass is 226 g/mol. The van der Waals surface area contributed by atoms with Crippen molar-refractivity contribution >= 4 is 5.91 Å². The third-order valence-electron chi connectivity index (χ3n) is 3.15. The Kier molecular flexibility index (Phi) is 3.68. The molecule has 0 aliphatic carbocycles. The van der Waals surface area contributed by atoms with Crippen LogP contribution in [0.4, 0.5) is 0 Å². The summed E-state index contributed by atoms with van der Waals surface area (Å²) < 4.78 is 0. The molecule has 16 heavy (non-hydrogen) atoms. The van der Waals surface area contributed by atoms with Gasteiger partial charge in [0.15, 0.2) is 0 Å². The van der Waals surface area contributed by atoms with E-state index in [1.54, 1.807) is 0 Å². The van der Waals surface area contributed by atoms with E-state index < -0.39 is 0 Å². The van der Waals surface area contributed by atoms with Gasteiger partial charge in [0.05, 0.1) is 0 Å². The Balaban J connectivity index is 2.47. The number of carbonyl (C=O) groups is 1. The van der Waals surface area contributed by atoms with Crippen LogP contribution in [0.25, 0.3) is 0 Å². The first-order valence-corrected chi connectivity index (χ1v) is 6.17. The quantitative estimate of drug-likeness (QED) is 0.742. The number of nitrogens with zero attached hydrogens (tertiary/aromatic N) is 1. The van der Waals surface area contributed by atoms with E-state index in [0.717, 1.165) is 19.5 Å². The number of amides is 1. The highest BCUT2D eigenvalue weighted by atomic mass is 16.2. The molecule has 0 aromatic carbocycles. The lowest BCUT2D eigenvalue weighted by molar-refractivity contribution is -0.129. The van der Waals surface area contributed by atoms with Gasteiger partial charge in [-0.1, -0.05) is 20.8 Å². The Labute approximate surface area is 99.6 Å². The van der Waals surface area contributed by atoms with E-state index in [-0.39, 0.29) is 16.9 Å². The van der Waals surface area contributed by atoms with Crippen molar-refractivity contribution in [2.45, 2.75) is 59.5 Å². The molecular formula is C13H26N2O. The lowest BCUT2D eigenvalue weighted by atomic mass is 9.95. The van der Waals surface area contributed by atoms with Crippen LogP contribution in [-0.2, 0) is 4.79 Å². The van der Waals surface area contributed by atoms with E-state index in [4.69, 9.17) is 0 Å². The van der Waals surface area contributed by atoms with Gasteiger partial charge in [0, 0.05) is 30.1 Å². The molecule has 0 saturated carbocycles. The van der Waals surface area contributed by atoms with Crippen molar-refractivity contribution < 1.29 is 4.79 Å². The lowest BCUT2D eigenvalue weighted by Gasteiger charge is -2.32. The van der Waals surface area contributed by atoms with E-state index in [9.17, 15) is 4.79 Å². The number of nitrogens with one attached hydrogen (secondary N) is 1. The number of carbonyl (C=O) groups excluding carboxylic acids is 1. The molecule has 1 amide bonds. The average molecular weight is 226 g/mol. The first kappa shape index (κ1) is 13.5. The summed E-state index contributed by atoms with van der Waals surface area (Å²) in [5.41, 5.74) is -0.0731. The molecule has 1 unspecified atom stereocenters. The summed E-state index contributed by atoms with van der Waals surface area (Å²) >= 11 is 0. The van der Waals surface area contributed by atoms with Gasteiger partial charge in [-0.05, 0) is 27.2 Å². The molecule has 0 radical (unpaired) electrons. The van der Waals surface area contributed by atoms with Crippen molar-refractivity contribution in [3.8, 4) is 0 Å². The average Bonchev–Trinajstić information content (AvgIpc) is 2.49. The molecule has 0 spiro atoms. The van der Waals surface area contributed by atoms with Crippen LogP contribution in [0.1, 0.15) is 48.0 Å². The Morgan fingerprint density at radius 1 is 1.19 bits per heavy atom. The molecule has 1 fully saturated rings. The Bertz CT molecular complexity index is 260. The standard InChI is InChI=1S/C13H26N2O/c1-12(2,3)11(16)14-10-7-8-15(9-10)13(4,5)6/h10H,7-9H2,1-6H3,(H,14,16). The summed E-state index contributed by atoms with van der Waals surface area (Å²) in [5, 5.41) is 3.14. The lowest BCUT2D eigenvalue weighted by Crippen LogP contribution is -2.45. The zero-order chi connectivity index (χ0) is 12.6. The summed E-state index contributed by atoms with van der Waals surface area (Å²) in [6.45, 7) is 14.6. The van der Waals surface area contributed by atoms with Crippen molar-refractivity contribution in [3.63, 3.8) is 0 Å². The maximum absolute atomic E-state index is 11.8. The molecule has 3 heteroatoms. The molecule has 0 aromatic rings. The van der Waals surface area contributed by atoms with Crippen molar-refractivity contribution in [3.05, 3.63) is 0 Å². The zero-order valence-corrected chi connectivity index (χ0v) is 11.6. The summed E-state index contributed by atoms with van der Waals surface area (Å²) in [4.78, 5) is 14.3. The number of likely N-dealkylation sites (tertiary alicyclic amines) is 1. The Morgan fingerprint density at radius 3 is 2.12 bits per heavy atom. The third kappa shape index (κ3) is 3.48. The van der Waals surface area contributed by atoms with Crippen LogP contribution in [0.5, 0.6) is 0 Å². The van der Waals surface area contributed by atoms with E-state index in [2.05, 4.69) is 31.0 Å². The molecule has 0 aromatic heterocycles. The molecule has 1 heterocycles. The molecule has 0 bridgehead atoms. The van der Waals surface area contributed by atoms with Gasteiger partial charge in [0.2, 0.25) is 5.91 Å². The second-order valence-electron chi connectivity index (χ2n) is 6.83. The summed E-state index contributed by atoms with van der Waals surface area (Å²) in [6.07, 6.45) is 1.07. The Morgan fingerprint density at radius 2 is 1.75 bits per heavy atom. The van der Waals surface area contributed by atoms with E-state index in [1.807, 2.05) is 20.8 Å². The van der Waals surface area contributed by atoms with Crippen molar-refractivity contribution in [2.75, 3.05) is 13.1 Å². The molecule has 1 saturated heterocycles. The molecule has 94 valence electrons. The molecule has 1 aliphatic heterocycles. The smallest absolute Gasteiger partial charge is 0.225 e. The van der Waals surface area contributed by atoms with Crippen molar-refractivity contribution in [2.24, 2.45) is 5.41 Å². The molecule has 1 N–H and O–H groups in total. The largest absolute Gasteiger partial charge is 0.352 e. The van der Waals surface area contributed by atoms with Gasteiger partial charge >= 0.3 is 0 Å². The molecule has 3 nitrogen and oxygen atoms in total. The van der Waals surface area contributed by atoms with Crippen LogP contribution < -0.4 is 5.32 Å². The topological polar surface area (TPSA) is 32.3 Å². The number of hydrogen-bond acceptors (Lipinski definition) is 2. The van der Waals surface area contributed by atoms with Crippen LogP contribution in [-0.4, -0.2) is 35.5 Å². The van der Waals surface area contributed by atoms with E-state index in [0.29, 0.717) is 6.04 Å². The van der Waals surface area contributed by atoms with Crippen LogP contribution in [0.15, 0.2) is 0 Å². The number of rotatable bonds is 1. The maximum Gasteiger partial charge on any atom is 0.225 e. The normalized spacial score (nSPS) is 23.5. The van der Waals surface area contributed by atoms with Crippen LogP contribution in [0.3, 0.4) is 0 Å². The first-order valence-electron chi connectivity index (χ1n) is 6.17. The van der Waals surface area contributed by atoms with Gasteiger partial charge in [-0.2, -0.15) is 0 Å². The minimum absolute atomic E-state index is 0.160. The molecular weight excluding hydrogens is 200 g/mol. The van der Waals surface area contributed by atoms with Crippen molar-refractivity contribution in [1.29, 1.82) is 0 Å². The van der Waals surface area contributed by atoms with Crippen LogP contribution in [0.2, 0.25) is 0 Å². The van der Waals surface area contributed by atoms with Gasteiger partial charge in [0.1, 0.15) is 0 Å². The zero-order valence-electron chi connectivity index (χ0n) is 11.6. The van der Waals surface area contributed by atoms with Gasteiger partial charge in [-0.15, -0.1) is 0 Å². The van der Waals surface area contributed by atoms with Crippen LogP contribution >= 0.6 is 0 Å². The minimum Gasteiger partial charge on any atom is -0.352 e. The molecule has 1 rings (SSSR count). The van der Waals surface area contributed by atoms with E-state index >= 15 is 0 Å². The first-order chi connectivity index (χ1) is 7.10. The fourth-order valence-corrected chi connectivity index (χ4v) is 1.89. The highest BCUT2D eigenvalue weighted by Gasteiger charge is 2.32. The number of hydrogen-bond donors (Lipinski definition) is 1. The second kappa shape index (κ2) is 4.36. The van der Waals surface area contributed by atoms with Gasteiger partial charge < -0.3 is 5.32 Å². The van der Waals surface area contributed by atoms with Crippen molar-refractivity contribution in [1.82, 2.24) is 10.2 Å². The fourth-order valence-electron chi connectivity index (χ4n) is 1.89. The van der Waals surface area contributed by atoms with Gasteiger partial charge in [-0.3, -0.25) is 9.69 Å². The predicted molar refractivity (Wildman–Crippen MR) is 67.3 cm³/mol. The summed E-state index contributed by atoms with van der Waals surface area (Å²) in [6, 6.07) is 0.325. The third-order valence-corrected chi connectivity index (χ3v) is 3.15. The predicted octanol–water partition coefficient (Wildman–Crippen LogP) is 2.02. The molecule has 1 aliphatic rings. The highest BCUT2D eigenvalue weighted by molar-refractivity contribution is 5.81. The maximum atomic E-state index is 11.8. The van der Waals surface area contributed by atoms with Gasteiger partial charge in [0.25, 0.3) is 0 Å². The summed E-state index contributed by atoms with van der Waals surface area (Å²) in [5.74, 6) is 0.160. The molecule has 1 atom stereocenters. The fraction of sp³-hybridized carbons (Fsp3) is 0.923. The summed E-state index contributed by atoms with van der Waals surface area (Å²) in [7, 11) is 0. The highest BCUT2D eigenvalue weighted by Crippen LogP contribution is 2.21. The van der Waals surface area contributed by atoms with Crippen LogP contribution in [0, 0.1) is 5.41 Å². The second-order valence-corrected chi connectivity index (χ2v) is 6.83. The van der Waals surface area contributed by atoms with E-state index in [1.165, 1.54) is 0 Å².